The molecule has 1 heterocycles. The molecular weight excluding hydrogens is 376 g/mol. The van der Waals surface area contributed by atoms with Crippen LogP contribution < -0.4 is 4.74 Å². The summed E-state index contributed by atoms with van der Waals surface area (Å²) < 4.78 is 11.2. The van der Waals surface area contributed by atoms with Gasteiger partial charge in [0.15, 0.2) is 5.78 Å². The van der Waals surface area contributed by atoms with Gasteiger partial charge in [-0.1, -0.05) is 29.8 Å². The molecule has 0 unspecified atom stereocenters. The largest absolute Gasteiger partial charge is 0.508 e. The molecule has 28 heavy (non-hydrogen) atoms. The number of phenols is 1. The highest BCUT2D eigenvalue weighted by Gasteiger charge is 2.18. The van der Waals surface area contributed by atoms with Crippen LogP contribution in [0, 0.1) is 0 Å². The van der Waals surface area contributed by atoms with Crippen molar-refractivity contribution in [2.45, 2.75) is 12.5 Å². The molecule has 1 N–H and O–H groups in total. The number of rotatable bonds is 5. The van der Waals surface area contributed by atoms with Gasteiger partial charge in [0.1, 0.15) is 17.6 Å². The molecule has 1 fully saturated rings. The molecule has 3 aromatic carbocycles. The lowest BCUT2D eigenvalue weighted by atomic mass is 9.98. The summed E-state index contributed by atoms with van der Waals surface area (Å²) in [7, 11) is 0. The van der Waals surface area contributed by atoms with Crippen molar-refractivity contribution in [1.29, 1.82) is 0 Å². The number of hydrogen-bond donors (Lipinski definition) is 1. The summed E-state index contributed by atoms with van der Waals surface area (Å²) in [6, 6.07) is 19.2. The summed E-state index contributed by atoms with van der Waals surface area (Å²) >= 11 is 6.30. The Bertz CT molecular complexity index is 974. The zero-order chi connectivity index (χ0) is 19.5. The topological polar surface area (TPSA) is 55.8 Å². The van der Waals surface area contributed by atoms with Crippen molar-refractivity contribution in [3.05, 3.63) is 82.9 Å². The maximum atomic E-state index is 13.0. The van der Waals surface area contributed by atoms with Gasteiger partial charge in [-0.15, -0.1) is 0 Å². The van der Waals surface area contributed by atoms with E-state index in [-0.39, 0.29) is 17.6 Å². The van der Waals surface area contributed by atoms with Crippen molar-refractivity contribution in [2.24, 2.45) is 0 Å². The van der Waals surface area contributed by atoms with Crippen molar-refractivity contribution in [2.75, 3.05) is 13.2 Å². The highest BCUT2D eigenvalue weighted by molar-refractivity contribution is 6.35. The van der Waals surface area contributed by atoms with Crippen molar-refractivity contribution in [1.82, 2.24) is 0 Å². The lowest BCUT2D eigenvalue weighted by Gasteiger charge is -2.12. The Morgan fingerprint density at radius 1 is 1.00 bits per heavy atom. The van der Waals surface area contributed by atoms with Gasteiger partial charge in [-0.25, -0.2) is 0 Å². The lowest BCUT2D eigenvalue weighted by molar-refractivity contribution is 0.103. The number of ether oxygens (including phenoxy) is 2. The molecule has 1 saturated heterocycles. The zero-order valence-electron chi connectivity index (χ0n) is 15.1. The van der Waals surface area contributed by atoms with E-state index in [0.717, 1.165) is 29.9 Å². The molecule has 5 heteroatoms. The van der Waals surface area contributed by atoms with Crippen LogP contribution in [0.15, 0.2) is 66.7 Å². The van der Waals surface area contributed by atoms with Crippen LogP contribution in [0.4, 0.5) is 0 Å². The monoisotopic (exact) mass is 394 g/mol. The minimum atomic E-state index is -0.152. The van der Waals surface area contributed by atoms with E-state index in [1.807, 2.05) is 6.07 Å². The number of halogens is 1. The predicted octanol–water partition coefficient (Wildman–Crippen LogP) is 5.11. The Balaban J connectivity index is 1.56. The molecule has 142 valence electrons. The molecule has 0 aliphatic carbocycles. The fraction of sp³-hybridized carbons (Fsp3) is 0.174. The van der Waals surface area contributed by atoms with Crippen LogP contribution >= 0.6 is 11.6 Å². The molecule has 1 atom stereocenters. The normalized spacial score (nSPS) is 16.1. The van der Waals surface area contributed by atoms with Gasteiger partial charge in [-0.2, -0.15) is 0 Å². The Morgan fingerprint density at radius 3 is 2.39 bits per heavy atom. The minimum Gasteiger partial charge on any atom is -0.508 e. The average molecular weight is 395 g/mol. The number of benzene rings is 3. The molecule has 0 radical (unpaired) electrons. The van der Waals surface area contributed by atoms with E-state index in [1.54, 1.807) is 60.7 Å². The number of carbonyl (C=O) groups is 1. The van der Waals surface area contributed by atoms with E-state index in [2.05, 4.69) is 0 Å². The number of ketones is 1. The zero-order valence-corrected chi connectivity index (χ0v) is 15.9. The van der Waals surface area contributed by atoms with Gasteiger partial charge >= 0.3 is 0 Å². The van der Waals surface area contributed by atoms with E-state index in [1.165, 1.54) is 0 Å². The first-order valence-electron chi connectivity index (χ1n) is 9.08. The fourth-order valence-electron chi connectivity index (χ4n) is 3.17. The molecule has 0 bridgehead atoms. The lowest BCUT2D eigenvalue weighted by Crippen LogP contribution is -2.15. The van der Waals surface area contributed by atoms with Gasteiger partial charge in [0.2, 0.25) is 0 Å². The molecule has 0 saturated carbocycles. The number of phenolic OH excluding ortho intramolecular Hbond substituents is 1. The van der Waals surface area contributed by atoms with Crippen molar-refractivity contribution in [3.8, 4) is 22.6 Å². The Labute approximate surface area is 168 Å². The molecule has 0 amide bonds. The summed E-state index contributed by atoms with van der Waals surface area (Å²) in [6.07, 6.45) is 0.943. The second kappa shape index (κ2) is 8.05. The van der Waals surface area contributed by atoms with Crippen molar-refractivity contribution < 1.29 is 19.4 Å². The SMILES string of the molecule is O=C(c1ccc(O[C@@H]2CCOC2)cc1)c1cc(-c2ccc(O)cc2)ccc1Cl. The molecule has 4 rings (SSSR count). The van der Waals surface area contributed by atoms with Gasteiger partial charge < -0.3 is 14.6 Å². The number of carbonyl (C=O) groups excluding carboxylic acids is 1. The quantitative estimate of drug-likeness (QED) is 0.611. The first kappa shape index (κ1) is 18.5. The van der Waals surface area contributed by atoms with Gasteiger partial charge in [-0.3, -0.25) is 4.79 Å². The predicted molar refractivity (Wildman–Crippen MR) is 108 cm³/mol. The molecule has 4 nitrogen and oxygen atoms in total. The third-order valence-corrected chi connectivity index (χ3v) is 5.05. The van der Waals surface area contributed by atoms with Gasteiger partial charge in [0.05, 0.1) is 18.2 Å². The number of aromatic hydroxyl groups is 1. The molecule has 0 aromatic heterocycles. The summed E-state index contributed by atoms with van der Waals surface area (Å²) in [5.41, 5.74) is 2.73. The van der Waals surface area contributed by atoms with Crippen molar-refractivity contribution >= 4 is 17.4 Å². The first-order valence-corrected chi connectivity index (χ1v) is 9.46. The molecule has 3 aromatic rings. The third-order valence-electron chi connectivity index (χ3n) is 4.72. The van der Waals surface area contributed by atoms with Gasteiger partial charge in [0, 0.05) is 17.5 Å². The van der Waals surface area contributed by atoms with E-state index >= 15 is 0 Å². The minimum absolute atomic E-state index is 0.0676. The van der Waals surface area contributed by atoms with Crippen LogP contribution in [-0.4, -0.2) is 30.2 Å². The smallest absolute Gasteiger partial charge is 0.194 e. The Hall–Kier alpha value is -2.82. The van der Waals surface area contributed by atoms with Crippen molar-refractivity contribution in [3.63, 3.8) is 0 Å². The highest BCUT2D eigenvalue weighted by atomic mass is 35.5. The van der Waals surface area contributed by atoms with Crippen LogP contribution in [0.1, 0.15) is 22.3 Å². The number of hydrogen-bond acceptors (Lipinski definition) is 4. The summed E-state index contributed by atoms with van der Waals surface area (Å²) in [6.45, 7) is 1.32. The van der Waals surface area contributed by atoms with Crippen LogP contribution in [0.3, 0.4) is 0 Å². The standard InChI is InChI=1S/C23H19ClO4/c24-22-10-5-17(15-1-6-18(25)7-2-15)13-21(22)23(26)16-3-8-19(9-4-16)28-20-11-12-27-14-20/h1-10,13,20,25H,11-12,14H2/t20-/m1/s1. The Morgan fingerprint density at radius 2 is 1.71 bits per heavy atom. The summed E-state index contributed by atoms with van der Waals surface area (Å²) in [4.78, 5) is 13.0. The van der Waals surface area contributed by atoms with Gasteiger partial charge in [-0.05, 0) is 59.7 Å². The summed E-state index contributed by atoms with van der Waals surface area (Å²) in [5.74, 6) is 0.762. The molecule has 1 aliphatic heterocycles. The Kier molecular flexibility index (Phi) is 5.33. The molecule has 1 aliphatic rings. The maximum absolute atomic E-state index is 13.0. The van der Waals surface area contributed by atoms with E-state index in [4.69, 9.17) is 21.1 Å². The maximum Gasteiger partial charge on any atom is 0.194 e. The van der Waals surface area contributed by atoms with Crippen LogP contribution in [0.5, 0.6) is 11.5 Å². The van der Waals surface area contributed by atoms with E-state index in [9.17, 15) is 9.90 Å². The van der Waals surface area contributed by atoms with Crippen LogP contribution in [-0.2, 0) is 4.74 Å². The third kappa shape index (κ3) is 4.03. The second-order valence-electron chi connectivity index (χ2n) is 6.70. The second-order valence-corrected chi connectivity index (χ2v) is 7.11. The van der Waals surface area contributed by atoms with E-state index in [0.29, 0.717) is 22.8 Å². The average Bonchev–Trinajstić information content (AvgIpc) is 3.22. The highest BCUT2D eigenvalue weighted by Crippen LogP contribution is 2.28. The first-order chi connectivity index (χ1) is 13.6. The fourth-order valence-corrected chi connectivity index (χ4v) is 3.37. The van der Waals surface area contributed by atoms with Gasteiger partial charge in [0.25, 0.3) is 0 Å². The van der Waals surface area contributed by atoms with Crippen LogP contribution in [0.2, 0.25) is 5.02 Å². The molecular formula is C23H19ClO4. The van der Waals surface area contributed by atoms with E-state index < -0.39 is 0 Å². The van der Waals surface area contributed by atoms with Crippen LogP contribution in [0.25, 0.3) is 11.1 Å². The molecule has 0 spiro atoms. The summed E-state index contributed by atoms with van der Waals surface area (Å²) in [5, 5.41) is 9.86.